The lowest BCUT2D eigenvalue weighted by Crippen LogP contribution is -2.23. The average molecular weight is 308 g/mol. The van der Waals surface area contributed by atoms with Crippen molar-refractivity contribution < 1.29 is 0 Å². The number of rotatable bonds is 2. The maximum absolute atomic E-state index is 8.83. The van der Waals surface area contributed by atoms with Crippen molar-refractivity contribution in [2.24, 2.45) is 0 Å². The van der Waals surface area contributed by atoms with E-state index in [2.05, 4.69) is 26.4 Å². The molecule has 2 aliphatic rings. The minimum atomic E-state index is 0.365. The van der Waals surface area contributed by atoms with Gasteiger partial charge in [-0.3, -0.25) is 0 Å². The van der Waals surface area contributed by atoms with Gasteiger partial charge in [-0.2, -0.15) is 5.26 Å². The Morgan fingerprint density at radius 2 is 2.09 bits per heavy atom. The Balaban J connectivity index is 1.56. The second kappa shape index (κ2) is 5.65. The number of aryl methyl sites for hydroxylation is 2. The Hall–Kier alpha value is -2.42. The molecule has 3 heterocycles. The van der Waals surface area contributed by atoms with Gasteiger partial charge in [0.1, 0.15) is 17.7 Å². The van der Waals surface area contributed by atoms with E-state index in [0.29, 0.717) is 11.7 Å². The molecule has 0 saturated carbocycles. The molecule has 1 fully saturated rings. The molecule has 6 nitrogen and oxygen atoms in total. The molecule has 0 radical (unpaired) electrons. The van der Waals surface area contributed by atoms with Gasteiger partial charge in [0.2, 0.25) is 0 Å². The topological polar surface area (TPSA) is 70.6 Å². The van der Waals surface area contributed by atoms with E-state index in [1.165, 1.54) is 24.2 Å². The molecule has 2 aromatic heterocycles. The number of imidazole rings is 1. The average Bonchev–Trinajstić information content (AvgIpc) is 3.18. The van der Waals surface area contributed by atoms with Crippen molar-refractivity contribution in [3.05, 3.63) is 35.3 Å². The summed E-state index contributed by atoms with van der Waals surface area (Å²) in [5.41, 5.74) is 3.13. The van der Waals surface area contributed by atoms with E-state index in [4.69, 9.17) is 10.2 Å². The largest absolute Gasteiger partial charge is 0.353 e. The maximum atomic E-state index is 8.83. The molecule has 4 rings (SSSR count). The molecule has 1 saturated heterocycles. The molecule has 1 aliphatic heterocycles. The molecule has 0 N–H and O–H groups in total. The third-order valence-corrected chi connectivity index (χ3v) is 4.95. The van der Waals surface area contributed by atoms with Gasteiger partial charge in [-0.1, -0.05) is 0 Å². The molecule has 1 aliphatic carbocycles. The standard InChI is InChI=1S/C17H20N6/c1-12-21-15-4-2-3-5-16(15)23(12)14-6-7-22(11-14)17-10-19-13(8-18)9-20-17/h9-10,14H,2-7,11H2,1H3/t14-/m1/s1. The van der Waals surface area contributed by atoms with E-state index in [9.17, 15) is 0 Å². The number of nitrogens with zero attached hydrogens (tertiary/aromatic N) is 6. The monoisotopic (exact) mass is 308 g/mol. The van der Waals surface area contributed by atoms with Crippen LogP contribution >= 0.6 is 0 Å². The summed E-state index contributed by atoms with van der Waals surface area (Å²) in [7, 11) is 0. The number of hydrogen-bond donors (Lipinski definition) is 0. The van der Waals surface area contributed by atoms with Crippen molar-refractivity contribution in [1.82, 2.24) is 19.5 Å². The van der Waals surface area contributed by atoms with E-state index < -0.39 is 0 Å². The van der Waals surface area contributed by atoms with Crippen molar-refractivity contribution >= 4 is 5.82 Å². The highest BCUT2D eigenvalue weighted by molar-refractivity contribution is 5.39. The minimum absolute atomic E-state index is 0.365. The fourth-order valence-corrected chi connectivity index (χ4v) is 3.89. The van der Waals surface area contributed by atoms with Crippen LogP contribution < -0.4 is 4.90 Å². The summed E-state index contributed by atoms with van der Waals surface area (Å²) in [6.45, 7) is 4.03. The molecule has 2 aromatic rings. The van der Waals surface area contributed by atoms with E-state index in [1.54, 1.807) is 12.4 Å². The number of anilines is 1. The second-order valence-electron chi connectivity index (χ2n) is 6.39. The lowest BCUT2D eigenvalue weighted by molar-refractivity contribution is 0.504. The zero-order valence-corrected chi connectivity index (χ0v) is 13.4. The maximum Gasteiger partial charge on any atom is 0.158 e. The lowest BCUT2D eigenvalue weighted by Gasteiger charge is -2.21. The van der Waals surface area contributed by atoms with Crippen LogP contribution in [0, 0.1) is 18.3 Å². The van der Waals surface area contributed by atoms with E-state index in [-0.39, 0.29) is 0 Å². The number of nitriles is 1. The Morgan fingerprint density at radius 1 is 1.22 bits per heavy atom. The van der Waals surface area contributed by atoms with Gasteiger partial charge in [-0.25, -0.2) is 15.0 Å². The van der Waals surface area contributed by atoms with Crippen molar-refractivity contribution in [2.45, 2.75) is 45.1 Å². The van der Waals surface area contributed by atoms with Crippen LogP contribution in [-0.2, 0) is 12.8 Å². The Kier molecular flexibility index (Phi) is 3.49. The van der Waals surface area contributed by atoms with Crippen LogP contribution in [0.25, 0.3) is 0 Å². The van der Waals surface area contributed by atoms with E-state index in [1.807, 2.05) is 6.07 Å². The summed E-state index contributed by atoms with van der Waals surface area (Å²) in [5.74, 6) is 2.01. The van der Waals surface area contributed by atoms with Gasteiger partial charge < -0.3 is 9.47 Å². The Labute approximate surface area is 135 Å². The summed E-state index contributed by atoms with van der Waals surface area (Å²) >= 11 is 0. The van der Waals surface area contributed by atoms with Crippen LogP contribution in [0.1, 0.15) is 48.2 Å². The molecule has 0 amide bonds. The van der Waals surface area contributed by atoms with Crippen LogP contribution in [0.3, 0.4) is 0 Å². The summed E-state index contributed by atoms with van der Waals surface area (Å²) in [4.78, 5) is 15.6. The molecule has 118 valence electrons. The first kappa shape index (κ1) is 14.2. The Morgan fingerprint density at radius 3 is 2.87 bits per heavy atom. The predicted octanol–water partition coefficient (Wildman–Crippen LogP) is 2.18. The smallest absolute Gasteiger partial charge is 0.158 e. The van der Waals surface area contributed by atoms with Gasteiger partial charge in [0.15, 0.2) is 5.69 Å². The number of aromatic nitrogens is 4. The SMILES string of the molecule is Cc1nc2c(n1[C@@H]1CCN(c3cnc(C#N)cn3)C1)CCCC2. The van der Waals surface area contributed by atoms with Crippen LogP contribution in [-0.4, -0.2) is 32.6 Å². The third-order valence-electron chi connectivity index (χ3n) is 4.95. The molecule has 0 bridgehead atoms. The van der Waals surface area contributed by atoms with Gasteiger partial charge in [-0.05, 0) is 39.0 Å². The highest BCUT2D eigenvalue weighted by atomic mass is 15.3. The van der Waals surface area contributed by atoms with Crippen molar-refractivity contribution in [3.8, 4) is 6.07 Å². The van der Waals surface area contributed by atoms with Crippen LogP contribution in [0.5, 0.6) is 0 Å². The van der Waals surface area contributed by atoms with Crippen molar-refractivity contribution in [2.75, 3.05) is 18.0 Å². The number of hydrogen-bond acceptors (Lipinski definition) is 5. The molecule has 23 heavy (non-hydrogen) atoms. The van der Waals surface area contributed by atoms with Gasteiger partial charge >= 0.3 is 0 Å². The van der Waals surface area contributed by atoms with Crippen molar-refractivity contribution in [3.63, 3.8) is 0 Å². The van der Waals surface area contributed by atoms with Crippen LogP contribution in [0.2, 0.25) is 0 Å². The molecule has 0 unspecified atom stereocenters. The zero-order valence-electron chi connectivity index (χ0n) is 13.4. The number of fused-ring (bicyclic) bond motifs is 1. The highest BCUT2D eigenvalue weighted by Gasteiger charge is 2.29. The highest BCUT2D eigenvalue weighted by Crippen LogP contribution is 2.31. The van der Waals surface area contributed by atoms with E-state index >= 15 is 0 Å². The quantitative estimate of drug-likeness (QED) is 0.850. The fraction of sp³-hybridized carbons (Fsp3) is 0.529. The first-order valence-electron chi connectivity index (χ1n) is 8.30. The molecular formula is C17H20N6. The van der Waals surface area contributed by atoms with Gasteiger partial charge in [0.05, 0.1) is 24.1 Å². The van der Waals surface area contributed by atoms with Crippen LogP contribution in [0.4, 0.5) is 5.82 Å². The molecule has 6 heteroatoms. The minimum Gasteiger partial charge on any atom is -0.353 e. The fourth-order valence-electron chi connectivity index (χ4n) is 3.89. The van der Waals surface area contributed by atoms with Gasteiger partial charge in [0, 0.05) is 18.8 Å². The first-order chi connectivity index (χ1) is 11.3. The predicted molar refractivity (Wildman–Crippen MR) is 86.2 cm³/mol. The molecule has 1 atom stereocenters. The molecule has 0 aromatic carbocycles. The first-order valence-corrected chi connectivity index (χ1v) is 8.30. The van der Waals surface area contributed by atoms with Crippen LogP contribution in [0.15, 0.2) is 12.4 Å². The van der Waals surface area contributed by atoms with E-state index in [0.717, 1.165) is 44.0 Å². The van der Waals surface area contributed by atoms with Crippen molar-refractivity contribution in [1.29, 1.82) is 5.26 Å². The lowest BCUT2D eigenvalue weighted by atomic mass is 10.0. The summed E-state index contributed by atoms with van der Waals surface area (Å²) in [6.07, 6.45) is 9.18. The Bertz CT molecular complexity index is 755. The summed E-state index contributed by atoms with van der Waals surface area (Å²) < 4.78 is 2.46. The third kappa shape index (κ3) is 2.46. The normalized spacial score (nSPS) is 20.3. The molecular weight excluding hydrogens is 288 g/mol. The summed E-state index contributed by atoms with van der Waals surface area (Å²) in [6, 6.07) is 2.47. The second-order valence-corrected chi connectivity index (χ2v) is 6.39. The molecule has 0 spiro atoms. The summed E-state index contributed by atoms with van der Waals surface area (Å²) in [5, 5.41) is 8.83. The van der Waals surface area contributed by atoms with Gasteiger partial charge in [-0.15, -0.1) is 0 Å². The van der Waals surface area contributed by atoms with Gasteiger partial charge in [0.25, 0.3) is 0 Å². The zero-order chi connectivity index (χ0) is 15.8.